The molecule has 1 saturated carbocycles. The molecule has 0 radical (unpaired) electrons. The SMILES string of the molecule is Cc1ccc(NC2CC3CCC2N(C(=O)c2cccnc2-c2ccccn2)C3)nc1. The molecular weight excluding hydrogens is 374 g/mol. The van der Waals surface area contributed by atoms with Crippen molar-refractivity contribution in [2.45, 2.75) is 38.3 Å². The van der Waals surface area contributed by atoms with Gasteiger partial charge in [-0.2, -0.15) is 0 Å². The lowest BCUT2D eigenvalue weighted by Gasteiger charge is -2.50. The molecule has 152 valence electrons. The van der Waals surface area contributed by atoms with Gasteiger partial charge in [0.25, 0.3) is 5.91 Å². The summed E-state index contributed by atoms with van der Waals surface area (Å²) < 4.78 is 0. The third kappa shape index (κ3) is 3.54. The highest BCUT2D eigenvalue weighted by molar-refractivity contribution is 5.99. The van der Waals surface area contributed by atoms with Crippen molar-refractivity contribution in [1.29, 1.82) is 0 Å². The number of rotatable bonds is 4. The number of amides is 1. The molecule has 2 saturated heterocycles. The summed E-state index contributed by atoms with van der Waals surface area (Å²) in [6, 6.07) is 13.8. The Morgan fingerprint density at radius 1 is 1.03 bits per heavy atom. The monoisotopic (exact) mass is 399 g/mol. The maximum Gasteiger partial charge on any atom is 0.256 e. The highest BCUT2D eigenvalue weighted by atomic mass is 16.2. The van der Waals surface area contributed by atoms with Gasteiger partial charge in [-0.05, 0) is 68.0 Å². The minimum atomic E-state index is 0.0434. The minimum absolute atomic E-state index is 0.0434. The number of carbonyl (C=O) groups is 1. The van der Waals surface area contributed by atoms with Gasteiger partial charge in [0, 0.05) is 31.2 Å². The van der Waals surface area contributed by atoms with Gasteiger partial charge < -0.3 is 10.2 Å². The first kappa shape index (κ1) is 18.7. The number of aromatic nitrogens is 3. The number of carbonyl (C=O) groups excluding carboxylic acids is 1. The average molecular weight is 399 g/mol. The second kappa shape index (κ2) is 7.86. The number of anilines is 1. The van der Waals surface area contributed by atoms with Crippen LogP contribution < -0.4 is 5.32 Å². The van der Waals surface area contributed by atoms with Gasteiger partial charge in [0.1, 0.15) is 11.5 Å². The van der Waals surface area contributed by atoms with Gasteiger partial charge in [-0.3, -0.25) is 14.8 Å². The zero-order valence-corrected chi connectivity index (χ0v) is 17.0. The molecule has 1 N–H and O–H groups in total. The number of nitrogens with zero attached hydrogens (tertiary/aromatic N) is 4. The number of fused-ring (bicyclic) bond motifs is 3. The lowest BCUT2D eigenvalue weighted by Crippen LogP contribution is -2.59. The quantitative estimate of drug-likeness (QED) is 0.719. The Morgan fingerprint density at radius 3 is 2.70 bits per heavy atom. The molecule has 5 heterocycles. The van der Waals surface area contributed by atoms with Crippen LogP contribution in [0.5, 0.6) is 0 Å². The fourth-order valence-corrected chi connectivity index (χ4v) is 4.77. The average Bonchev–Trinajstić information content (AvgIpc) is 2.81. The summed E-state index contributed by atoms with van der Waals surface area (Å²) in [5, 5.41) is 3.59. The molecule has 0 aromatic carbocycles. The standard InChI is InChI=1S/C24H25N5O/c1-16-7-10-22(27-14-16)28-20-13-17-8-9-21(20)29(15-17)24(30)18-5-4-12-26-23(18)19-6-2-3-11-25-19/h2-7,10-12,14,17,20-21H,8-9,13,15H2,1H3,(H,27,28). The number of nitrogens with one attached hydrogen (secondary N) is 1. The topological polar surface area (TPSA) is 71.0 Å². The molecule has 1 amide bonds. The van der Waals surface area contributed by atoms with Crippen molar-refractivity contribution in [1.82, 2.24) is 19.9 Å². The molecule has 1 aliphatic carbocycles. The van der Waals surface area contributed by atoms with E-state index in [4.69, 9.17) is 0 Å². The van der Waals surface area contributed by atoms with E-state index in [9.17, 15) is 4.79 Å². The molecule has 3 fully saturated rings. The summed E-state index contributed by atoms with van der Waals surface area (Å²) in [6.45, 7) is 2.84. The Labute approximate surface area is 176 Å². The number of pyridine rings is 3. The van der Waals surface area contributed by atoms with Crippen molar-refractivity contribution in [3.8, 4) is 11.4 Å². The number of piperidine rings is 2. The molecule has 6 nitrogen and oxygen atoms in total. The number of hydrogen-bond donors (Lipinski definition) is 1. The fraction of sp³-hybridized carbons (Fsp3) is 0.333. The van der Waals surface area contributed by atoms with E-state index in [-0.39, 0.29) is 18.0 Å². The molecule has 6 rings (SSSR count). The van der Waals surface area contributed by atoms with Gasteiger partial charge in [-0.1, -0.05) is 12.1 Å². The predicted octanol–water partition coefficient (Wildman–Crippen LogP) is 3.95. The van der Waals surface area contributed by atoms with Crippen molar-refractivity contribution >= 4 is 11.7 Å². The molecule has 3 aromatic heterocycles. The van der Waals surface area contributed by atoms with Gasteiger partial charge in [0.15, 0.2) is 0 Å². The third-order valence-electron chi connectivity index (χ3n) is 6.23. The van der Waals surface area contributed by atoms with E-state index in [2.05, 4.69) is 26.3 Å². The molecule has 3 unspecified atom stereocenters. The van der Waals surface area contributed by atoms with Crippen LogP contribution in [-0.2, 0) is 0 Å². The lowest BCUT2D eigenvalue weighted by molar-refractivity contribution is 0.0282. The first-order chi connectivity index (χ1) is 14.7. The molecule has 2 bridgehead atoms. The predicted molar refractivity (Wildman–Crippen MR) is 116 cm³/mol. The van der Waals surface area contributed by atoms with Crippen molar-refractivity contribution in [3.63, 3.8) is 0 Å². The molecule has 3 aliphatic rings. The van der Waals surface area contributed by atoms with Gasteiger partial charge in [0.2, 0.25) is 0 Å². The largest absolute Gasteiger partial charge is 0.365 e. The van der Waals surface area contributed by atoms with Crippen LogP contribution in [0, 0.1) is 12.8 Å². The Bertz CT molecular complexity index is 1040. The summed E-state index contributed by atoms with van der Waals surface area (Å²) in [7, 11) is 0. The summed E-state index contributed by atoms with van der Waals surface area (Å²) in [6.07, 6.45) is 8.59. The maximum atomic E-state index is 13.6. The molecule has 3 aromatic rings. The van der Waals surface area contributed by atoms with Gasteiger partial charge in [-0.15, -0.1) is 0 Å². The van der Waals surface area contributed by atoms with E-state index in [0.717, 1.165) is 36.5 Å². The van der Waals surface area contributed by atoms with E-state index in [1.165, 1.54) is 6.42 Å². The third-order valence-corrected chi connectivity index (χ3v) is 6.23. The van der Waals surface area contributed by atoms with Gasteiger partial charge >= 0.3 is 0 Å². The van der Waals surface area contributed by atoms with E-state index >= 15 is 0 Å². The smallest absolute Gasteiger partial charge is 0.256 e. The second-order valence-electron chi connectivity index (χ2n) is 8.29. The summed E-state index contributed by atoms with van der Waals surface area (Å²) in [5.41, 5.74) is 3.13. The van der Waals surface area contributed by atoms with Crippen LogP contribution in [0.2, 0.25) is 0 Å². The highest BCUT2D eigenvalue weighted by Crippen LogP contribution is 2.38. The van der Waals surface area contributed by atoms with Crippen LogP contribution in [0.3, 0.4) is 0 Å². The van der Waals surface area contributed by atoms with E-state index in [1.807, 2.05) is 54.4 Å². The summed E-state index contributed by atoms with van der Waals surface area (Å²) in [4.78, 5) is 29.1. The van der Waals surface area contributed by atoms with Crippen LogP contribution >= 0.6 is 0 Å². The molecule has 3 atom stereocenters. The minimum Gasteiger partial charge on any atom is -0.365 e. The van der Waals surface area contributed by atoms with Crippen LogP contribution in [0.15, 0.2) is 61.1 Å². The Morgan fingerprint density at radius 2 is 1.93 bits per heavy atom. The molecule has 6 heteroatoms. The highest BCUT2D eigenvalue weighted by Gasteiger charge is 2.43. The van der Waals surface area contributed by atoms with Crippen LogP contribution in [0.1, 0.15) is 35.2 Å². The van der Waals surface area contributed by atoms with Gasteiger partial charge in [0.05, 0.1) is 17.3 Å². The van der Waals surface area contributed by atoms with Crippen molar-refractivity contribution in [3.05, 3.63) is 72.2 Å². The number of aryl methyl sites for hydroxylation is 1. The zero-order chi connectivity index (χ0) is 20.5. The summed E-state index contributed by atoms with van der Waals surface area (Å²) >= 11 is 0. The molecular formula is C24H25N5O. The van der Waals surface area contributed by atoms with E-state index in [0.29, 0.717) is 17.2 Å². The van der Waals surface area contributed by atoms with Crippen LogP contribution in [-0.4, -0.2) is 44.4 Å². The van der Waals surface area contributed by atoms with E-state index < -0.39 is 0 Å². The van der Waals surface area contributed by atoms with Crippen molar-refractivity contribution < 1.29 is 4.79 Å². The fourth-order valence-electron chi connectivity index (χ4n) is 4.77. The molecule has 2 aliphatic heterocycles. The van der Waals surface area contributed by atoms with Gasteiger partial charge in [-0.25, -0.2) is 4.98 Å². The second-order valence-corrected chi connectivity index (χ2v) is 8.29. The zero-order valence-electron chi connectivity index (χ0n) is 17.0. The maximum absolute atomic E-state index is 13.6. The normalized spacial score (nSPS) is 22.7. The molecule has 30 heavy (non-hydrogen) atoms. The first-order valence-corrected chi connectivity index (χ1v) is 10.6. The van der Waals surface area contributed by atoms with Crippen molar-refractivity contribution in [2.75, 3.05) is 11.9 Å². The van der Waals surface area contributed by atoms with Crippen LogP contribution in [0.4, 0.5) is 5.82 Å². The first-order valence-electron chi connectivity index (χ1n) is 10.6. The Kier molecular flexibility index (Phi) is 4.91. The number of hydrogen-bond acceptors (Lipinski definition) is 5. The Balaban J connectivity index is 1.42. The van der Waals surface area contributed by atoms with E-state index in [1.54, 1.807) is 12.4 Å². The molecule has 0 spiro atoms. The van der Waals surface area contributed by atoms with Crippen molar-refractivity contribution in [2.24, 2.45) is 5.92 Å². The lowest BCUT2D eigenvalue weighted by atomic mass is 9.76. The Hall–Kier alpha value is -3.28. The summed E-state index contributed by atoms with van der Waals surface area (Å²) in [5.74, 6) is 1.43. The van der Waals surface area contributed by atoms with Crippen LogP contribution in [0.25, 0.3) is 11.4 Å².